The first-order valence-electron chi connectivity index (χ1n) is 9.85. The highest BCUT2D eigenvalue weighted by molar-refractivity contribution is 7.89. The van der Waals surface area contributed by atoms with E-state index in [1.165, 1.54) is 34.3 Å². The third kappa shape index (κ3) is 4.31. The van der Waals surface area contributed by atoms with Crippen LogP contribution in [0.25, 0.3) is 17.1 Å². The molecule has 1 fully saturated rings. The van der Waals surface area contributed by atoms with Gasteiger partial charge in [0.05, 0.1) is 22.5 Å². The fourth-order valence-electron chi connectivity index (χ4n) is 3.06. The second-order valence-corrected chi connectivity index (χ2v) is 9.80. The van der Waals surface area contributed by atoms with Crippen LogP contribution >= 0.6 is 11.3 Å². The van der Waals surface area contributed by atoms with E-state index in [0.717, 1.165) is 18.5 Å². The summed E-state index contributed by atoms with van der Waals surface area (Å²) in [6.45, 7) is 0. The van der Waals surface area contributed by atoms with Gasteiger partial charge in [0.2, 0.25) is 10.0 Å². The van der Waals surface area contributed by atoms with E-state index in [4.69, 9.17) is 0 Å². The fraction of sp³-hybridized carbons (Fsp3) is 0.143. The van der Waals surface area contributed by atoms with E-state index in [1.807, 2.05) is 23.6 Å². The Hall–Kier alpha value is -3.41. The molecule has 32 heavy (non-hydrogen) atoms. The monoisotopic (exact) mass is 466 g/mol. The molecule has 9 nitrogen and oxygen atoms in total. The lowest BCUT2D eigenvalue weighted by atomic mass is 10.3. The maximum Gasteiger partial charge on any atom is 0.276 e. The summed E-state index contributed by atoms with van der Waals surface area (Å²) in [5.41, 5.74) is 2.27. The molecule has 11 heteroatoms. The lowest BCUT2D eigenvalue weighted by molar-refractivity contribution is 0.101. The van der Waals surface area contributed by atoms with E-state index in [-0.39, 0.29) is 16.8 Å². The topological polar surface area (TPSA) is 119 Å². The molecule has 1 aliphatic carbocycles. The summed E-state index contributed by atoms with van der Waals surface area (Å²) < 4.78 is 28.8. The van der Waals surface area contributed by atoms with Gasteiger partial charge < -0.3 is 0 Å². The molecule has 1 aromatic carbocycles. The van der Waals surface area contributed by atoms with Crippen LogP contribution < -0.4 is 10.0 Å². The summed E-state index contributed by atoms with van der Waals surface area (Å²) in [6, 6.07) is 13.4. The molecule has 5 rings (SSSR count). The maximum atomic E-state index is 12.8. The van der Waals surface area contributed by atoms with Gasteiger partial charge >= 0.3 is 0 Å². The van der Waals surface area contributed by atoms with Gasteiger partial charge in [-0.25, -0.2) is 22.8 Å². The quantitative estimate of drug-likeness (QED) is 0.432. The van der Waals surface area contributed by atoms with Crippen LogP contribution in [0, 0.1) is 0 Å². The van der Waals surface area contributed by atoms with Crippen LogP contribution in [0.4, 0.5) is 5.13 Å². The van der Waals surface area contributed by atoms with E-state index in [9.17, 15) is 13.2 Å². The predicted octanol–water partition coefficient (Wildman–Crippen LogP) is 3.08. The van der Waals surface area contributed by atoms with E-state index >= 15 is 0 Å². The molecule has 3 heterocycles. The van der Waals surface area contributed by atoms with Gasteiger partial charge in [0.15, 0.2) is 5.13 Å². The molecule has 0 spiro atoms. The zero-order valence-corrected chi connectivity index (χ0v) is 18.3. The second-order valence-electron chi connectivity index (χ2n) is 7.22. The first-order chi connectivity index (χ1) is 15.5. The molecule has 3 aromatic heterocycles. The highest BCUT2D eigenvalue weighted by atomic mass is 32.2. The van der Waals surface area contributed by atoms with Crippen LogP contribution in [-0.2, 0) is 10.0 Å². The van der Waals surface area contributed by atoms with E-state index in [0.29, 0.717) is 22.2 Å². The van der Waals surface area contributed by atoms with Crippen molar-refractivity contribution in [3.63, 3.8) is 0 Å². The van der Waals surface area contributed by atoms with Gasteiger partial charge in [-0.2, -0.15) is 5.10 Å². The van der Waals surface area contributed by atoms with E-state index < -0.39 is 10.0 Å². The summed E-state index contributed by atoms with van der Waals surface area (Å²) in [6.07, 6.45) is 4.93. The molecule has 0 radical (unpaired) electrons. The van der Waals surface area contributed by atoms with Gasteiger partial charge in [0.25, 0.3) is 5.91 Å². The van der Waals surface area contributed by atoms with Crippen molar-refractivity contribution in [2.24, 2.45) is 0 Å². The number of sulfonamides is 1. The zero-order chi connectivity index (χ0) is 22.1. The van der Waals surface area contributed by atoms with Crippen molar-refractivity contribution < 1.29 is 13.2 Å². The highest BCUT2D eigenvalue weighted by Crippen LogP contribution is 2.25. The number of hydrogen-bond acceptors (Lipinski definition) is 7. The van der Waals surface area contributed by atoms with Gasteiger partial charge in [-0.3, -0.25) is 15.1 Å². The Kier molecular flexibility index (Phi) is 5.29. The number of aromatic nitrogens is 4. The molecule has 1 amide bonds. The van der Waals surface area contributed by atoms with E-state index in [1.54, 1.807) is 24.4 Å². The van der Waals surface area contributed by atoms with Gasteiger partial charge in [0, 0.05) is 17.6 Å². The van der Waals surface area contributed by atoms with Gasteiger partial charge in [-0.1, -0.05) is 6.07 Å². The number of anilines is 1. The Morgan fingerprint density at radius 3 is 2.56 bits per heavy atom. The number of thiazole rings is 1. The molecule has 0 bridgehead atoms. The molecule has 162 valence electrons. The Labute approximate surface area is 188 Å². The largest absolute Gasteiger partial charge is 0.296 e. The summed E-state index contributed by atoms with van der Waals surface area (Å²) in [7, 11) is -3.54. The Bertz CT molecular complexity index is 1360. The van der Waals surface area contributed by atoms with Crippen LogP contribution in [0.15, 0.2) is 71.2 Å². The van der Waals surface area contributed by atoms with Gasteiger partial charge in [0.1, 0.15) is 11.4 Å². The van der Waals surface area contributed by atoms with Crippen molar-refractivity contribution in [3.05, 3.63) is 72.0 Å². The molecular weight excluding hydrogens is 448 g/mol. The van der Waals surface area contributed by atoms with Crippen LogP contribution in [0.2, 0.25) is 0 Å². The molecule has 2 N–H and O–H groups in total. The second kappa shape index (κ2) is 8.26. The minimum Gasteiger partial charge on any atom is -0.296 e. The number of nitrogens with one attached hydrogen (secondary N) is 2. The fourth-order valence-corrected chi connectivity index (χ4v) is 5.06. The van der Waals surface area contributed by atoms with Crippen molar-refractivity contribution >= 4 is 32.4 Å². The molecular formula is C21H18N6O3S2. The molecule has 0 atom stereocenters. The smallest absolute Gasteiger partial charge is 0.276 e. The van der Waals surface area contributed by atoms with Crippen LogP contribution in [-0.4, -0.2) is 40.1 Å². The normalized spacial score (nSPS) is 13.8. The third-order valence-electron chi connectivity index (χ3n) is 4.82. The summed E-state index contributed by atoms with van der Waals surface area (Å²) in [4.78, 5) is 21.7. The number of carbonyl (C=O) groups excluding carboxylic acids is 1. The van der Waals surface area contributed by atoms with Gasteiger partial charge in [-0.05, 0) is 55.3 Å². The van der Waals surface area contributed by atoms with Crippen LogP contribution in [0.5, 0.6) is 0 Å². The molecule has 0 unspecified atom stereocenters. The van der Waals surface area contributed by atoms with Crippen molar-refractivity contribution in [3.8, 4) is 17.1 Å². The number of nitrogens with zero attached hydrogens (tertiary/aromatic N) is 4. The first-order valence-corrected chi connectivity index (χ1v) is 12.2. The molecule has 1 aliphatic rings. The summed E-state index contributed by atoms with van der Waals surface area (Å²) in [5.74, 6) is -0.378. The lowest BCUT2D eigenvalue weighted by Gasteiger charge is -2.09. The van der Waals surface area contributed by atoms with Crippen molar-refractivity contribution in [2.75, 3.05) is 5.32 Å². The van der Waals surface area contributed by atoms with Crippen LogP contribution in [0.1, 0.15) is 23.3 Å². The molecule has 0 aliphatic heterocycles. The van der Waals surface area contributed by atoms with Crippen molar-refractivity contribution in [1.29, 1.82) is 0 Å². The van der Waals surface area contributed by atoms with Crippen molar-refractivity contribution in [2.45, 2.75) is 23.8 Å². The Balaban J connectivity index is 1.33. The number of rotatable bonds is 7. The highest BCUT2D eigenvalue weighted by Gasteiger charge is 2.28. The van der Waals surface area contributed by atoms with Crippen LogP contribution in [0.3, 0.4) is 0 Å². The number of pyridine rings is 1. The summed E-state index contributed by atoms with van der Waals surface area (Å²) in [5, 5.41) is 9.26. The van der Waals surface area contributed by atoms with Crippen molar-refractivity contribution in [1.82, 2.24) is 24.5 Å². The Morgan fingerprint density at radius 2 is 1.84 bits per heavy atom. The third-order valence-corrected chi connectivity index (χ3v) is 7.11. The number of hydrogen-bond donors (Lipinski definition) is 2. The minimum atomic E-state index is -3.54. The number of carbonyl (C=O) groups is 1. The zero-order valence-electron chi connectivity index (χ0n) is 16.7. The summed E-state index contributed by atoms with van der Waals surface area (Å²) >= 11 is 1.30. The van der Waals surface area contributed by atoms with E-state index in [2.05, 4.69) is 25.1 Å². The SMILES string of the molecule is O=C(Nc1nc(-c2ccccn2)cs1)c1ccnn1-c1ccc(S(=O)(=O)NC2CC2)cc1. The predicted molar refractivity (Wildman–Crippen MR) is 120 cm³/mol. The standard InChI is InChI=1S/C21H18N6O3S2/c28-20(25-21-24-18(13-31-21)17-3-1-2-11-22-17)19-10-12-23-27(19)15-6-8-16(9-7-15)32(29,30)26-14-4-5-14/h1-3,6-14,26H,4-5H2,(H,24,25,28). The molecule has 4 aromatic rings. The average Bonchev–Trinajstić information content (AvgIpc) is 3.27. The first kappa shape index (κ1) is 20.5. The number of amides is 1. The number of benzene rings is 1. The average molecular weight is 467 g/mol. The maximum absolute atomic E-state index is 12.8. The minimum absolute atomic E-state index is 0.0325. The molecule has 0 saturated heterocycles. The molecule has 1 saturated carbocycles. The lowest BCUT2D eigenvalue weighted by Crippen LogP contribution is -2.25. The van der Waals surface area contributed by atoms with Gasteiger partial charge in [-0.15, -0.1) is 11.3 Å². The Morgan fingerprint density at radius 1 is 1.03 bits per heavy atom.